The van der Waals surface area contributed by atoms with Gasteiger partial charge in [0.25, 0.3) is 0 Å². The molecule has 1 aliphatic heterocycles. The Balaban J connectivity index is 2.05. The second-order valence-corrected chi connectivity index (χ2v) is 5.33. The van der Waals surface area contributed by atoms with Gasteiger partial charge in [0.05, 0.1) is 12.6 Å². The molecule has 1 atom stereocenters. The normalized spacial score (nSPS) is 15.1. The molecule has 0 spiro atoms. The first-order chi connectivity index (χ1) is 10.3. The van der Waals surface area contributed by atoms with E-state index >= 15 is 0 Å². The average Bonchev–Trinajstić information content (AvgIpc) is 2.52. The van der Waals surface area contributed by atoms with Gasteiger partial charge in [-0.05, 0) is 42.6 Å². The van der Waals surface area contributed by atoms with Gasteiger partial charge in [-0.3, -0.25) is 0 Å². The van der Waals surface area contributed by atoms with Crippen molar-refractivity contribution < 1.29 is 9.13 Å². The Morgan fingerprint density at radius 1 is 1.24 bits per heavy atom. The van der Waals surface area contributed by atoms with Gasteiger partial charge in [-0.2, -0.15) is 0 Å². The van der Waals surface area contributed by atoms with Gasteiger partial charge in [-0.1, -0.05) is 37.3 Å². The van der Waals surface area contributed by atoms with E-state index in [1.165, 1.54) is 11.6 Å². The van der Waals surface area contributed by atoms with Crippen molar-refractivity contribution in [1.82, 2.24) is 5.32 Å². The van der Waals surface area contributed by atoms with Crippen LogP contribution in [-0.4, -0.2) is 13.2 Å². The van der Waals surface area contributed by atoms with Crippen LogP contribution in [0, 0.1) is 5.82 Å². The number of aryl methyl sites for hydroxylation is 1. The average molecular weight is 285 g/mol. The Kier molecular flexibility index (Phi) is 4.20. The van der Waals surface area contributed by atoms with Crippen molar-refractivity contribution in [2.75, 3.05) is 13.2 Å². The molecule has 3 rings (SSSR count). The standard InChI is InChI=1S/C18H20FNO/c1-2-20-17(14-7-3-9-15(19)12-14)16-10-4-6-13-8-5-11-21-18(13)16/h3-4,6-7,9-10,12,17,20H,2,5,8,11H2,1H3. The summed E-state index contributed by atoms with van der Waals surface area (Å²) in [6.07, 6.45) is 2.10. The molecule has 1 heterocycles. The molecule has 0 saturated carbocycles. The highest BCUT2D eigenvalue weighted by molar-refractivity contribution is 5.47. The SMILES string of the molecule is CCNC(c1cccc(F)c1)c1cccc2c1OCCC2. The summed E-state index contributed by atoms with van der Waals surface area (Å²) >= 11 is 0. The minimum absolute atomic E-state index is 0.0428. The third-order valence-electron chi connectivity index (χ3n) is 3.87. The molecule has 110 valence electrons. The molecule has 21 heavy (non-hydrogen) atoms. The van der Waals surface area contributed by atoms with Gasteiger partial charge in [-0.25, -0.2) is 4.39 Å². The van der Waals surface area contributed by atoms with Crippen molar-refractivity contribution >= 4 is 0 Å². The summed E-state index contributed by atoms with van der Waals surface area (Å²) in [4.78, 5) is 0. The zero-order chi connectivity index (χ0) is 14.7. The molecule has 0 aliphatic carbocycles. The van der Waals surface area contributed by atoms with E-state index in [2.05, 4.69) is 30.4 Å². The van der Waals surface area contributed by atoms with Crippen LogP contribution in [0.15, 0.2) is 42.5 Å². The van der Waals surface area contributed by atoms with E-state index in [1.54, 1.807) is 12.1 Å². The first-order valence-electron chi connectivity index (χ1n) is 7.53. The lowest BCUT2D eigenvalue weighted by Gasteiger charge is -2.26. The molecule has 0 aromatic heterocycles. The fraction of sp³-hybridized carbons (Fsp3) is 0.333. The van der Waals surface area contributed by atoms with Gasteiger partial charge in [0.15, 0.2) is 0 Å². The molecule has 0 saturated heterocycles. The van der Waals surface area contributed by atoms with Crippen molar-refractivity contribution in [1.29, 1.82) is 0 Å². The number of hydrogen-bond acceptors (Lipinski definition) is 2. The highest BCUT2D eigenvalue weighted by Crippen LogP contribution is 2.35. The molecular formula is C18H20FNO. The Labute approximate surface area is 125 Å². The molecular weight excluding hydrogens is 265 g/mol. The first-order valence-corrected chi connectivity index (χ1v) is 7.53. The second kappa shape index (κ2) is 6.27. The van der Waals surface area contributed by atoms with Crippen LogP contribution in [-0.2, 0) is 6.42 Å². The Hall–Kier alpha value is -1.87. The summed E-state index contributed by atoms with van der Waals surface area (Å²) in [5.74, 6) is 0.764. The van der Waals surface area contributed by atoms with Crippen molar-refractivity contribution in [3.8, 4) is 5.75 Å². The van der Waals surface area contributed by atoms with Crippen LogP contribution in [0.25, 0.3) is 0 Å². The van der Waals surface area contributed by atoms with E-state index in [1.807, 2.05) is 6.07 Å². The molecule has 0 bridgehead atoms. The smallest absolute Gasteiger partial charge is 0.127 e. The van der Waals surface area contributed by atoms with Gasteiger partial charge >= 0.3 is 0 Å². The lowest BCUT2D eigenvalue weighted by atomic mass is 9.93. The number of benzene rings is 2. The van der Waals surface area contributed by atoms with E-state index in [-0.39, 0.29) is 11.9 Å². The topological polar surface area (TPSA) is 21.3 Å². The number of nitrogens with one attached hydrogen (secondary N) is 1. The minimum Gasteiger partial charge on any atom is -0.493 e. The molecule has 1 unspecified atom stereocenters. The fourth-order valence-corrected chi connectivity index (χ4v) is 2.94. The molecule has 2 nitrogen and oxygen atoms in total. The highest BCUT2D eigenvalue weighted by atomic mass is 19.1. The lowest BCUT2D eigenvalue weighted by molar-refractivity contribution is 0.283. The molecule has 3 heteroatoms. The van der Waals surface area contributed by atoms with E-state index in [0.29, 0.717) is 0 Å². The summed E-state index contributed by atoms with van der Waals surface area (Å²) in [7, 11) is 0. The van der Waals surface area contributed by atoms with Crippen LogP contribution in [0.5, 0.6) is 5.75 Å². The fourth-order valence-electron chi connectivity index (χ4n) is 2.94. The van der Waals surface area contributed by atoms with Crippen molar-refractivity contribution in [2.45, 2.75) is 25.8 Å². The molecule has 1 aliphatic rings. The maximum absolute atomic E-state index is 13.6. The molecule has 0 radical (unpaired) electrons. The van der Waals surface area contributed by atoms with E-state index < -0.39 is 0 Å². The van der Waals surface area contributed by atoms with Gasteiger partial charge in [0.2, 0.25) is 0 Å². The number of hydrogen-bond donors (Lipinski definition) is 1. The summed E-state index contributed by atoms with van der Waals surface area (Å²) < 4.78 is 19.5. The third-order valence-corrected chi connectivity index (χ3v) is 3.87. The maximum Gasteiger partial charge on any atom is 0.127 e. The molecule has 1 N–H and O–H groups in total. The number of fused-ring (bicyclic) bond motifs is 1. The third kappa shape index (κ3) is 2.93. The monoisotopic (exact) mass is 285 g/mol. The van der Waals surface area contributed by atoms with Crippen molar-refractivity contribution in [3.05, 3.63) is 65.0 Å². The minimum atomic E-state index is -0.207. The van der Waals surface area contributed by atoms with Crippen LogP contribution in [0.1, 0.15) is 36.1 Å². The van der Waals surface area contributed by atoms with Gasteiger partial charge in [0, 0.05) is 5.56 Å². The molecule has 2 aromatic carbocycles. The van der Waals surface area contributed by atoms with Crippen LogP contribution < -0.4 is 10.1 Å². The zero-order valence-electron chi connectivity index (χ0n) is 12.2. The largest absolute Gasteiger partial charge is 0.493 e. The van der Waals surface area contributed by atoms with E-state index in [4.69, 9.17) is 4.74 Å². The van der Waals surface area contributed by atoms with E-state index in [0.717, 1.165) is 42.9 Å². The Bertz CT molecular complexity index is 626. The predicted molar refractivity (Wildman–Crippen MR) is 82.2 cm³/mol. The molecule has 2 aromatic rings. The van der Waals surface area contributed by atoms with Crippen LogP contribution >= 0.6 is 0 Å². The first kappa shape index (κ1) is 14.1. The highest BCUT2D eigenvalue weighted by Gasteiger charge is 2.22. The Morgan fingerprint density at radius 2 is 2.10 bits per heavy atom. The Morgan fingerprint density at radius 3 is 2.90 bits per heavy atom. The summed E-state index contributed by atoms with van der Waals surface area (Å²) in [5.41, 5.74) is 3.28. The van der Waals surface area contributed by atoms with Crippen LogP contribution in [0.3, 0.4) is 0 Å². The predicted octanol–water partition coefficient (Wildman–Crippen LogP) is 3.85. The molecule has 0 amide bonds. The van der Waals surface area contributed by atoms with Crippen LogP contribution in [0.2, 0.25) is 0 Å². The zero-order valence-corrected chi connectivity index (χ0v) is 12.2. The summed E-state index contributed by atoms with van der Waals surface area (Å²) in [5, 5.41) is 3.45. The van der Waals surface area contributed by atoms with E-state index in [9.17, 15) is 4.39 Å². The number of ether oxygens (including phenoxy) is 1. The van der Waals surface area contributed by atoms with Crippen molar-refractivity contribution in [2.24, 2.45) is 0 Å². The number of para-hydroxylation sites is 1. The van der Waals surface area contributed by atoms with Gasteiger partial charge in [-0.15, -0.1) is 0 Å². The van der Waals surface area contributed by atoms with Gasteiger partial charge in [0.1, 0.15) is 11.6 Å². The number of rotatable bonds is 4. The summed E-state index contributed by atoms with van der Waals surface area (Å²) in [6.45, 7) is 3.62. The molecule has 0 fully saturated rings. The van der Waals surface area contributed by atoms with Gasteiger partial charge < -0.3 is 10.1 Å². The summed E-state index contributed by atoms with van der Waals surface area (Å²) in [6, 6.07) is 13.0. The van der Waals surface area contributed by atoms with Crippen LogP contribution in [0.4, 0.5) is 4.39 Å². The van der Waals surface area contributed by atoms with Crippen molar-refractivity contribution in [3.63, 3.8) is 0 Å². The second-order valence-electron chi connectivity index (χ2n) is 5.33. The maximum atomic E-state index is 13.6. The lowest BCUT2D eigenvalue weighted by Crippen LogP contribution is -2.24. The number of halogens is 1. The quantitative estimate of drug-likeness (QED) is 0.921.